The highest BCUT2D eigenvalue weighted by atomic mass is 16.5. The number of benzene rings is 2. The lowest BCUT2D eigenvalue weighted by molar-refractivity contribution is 0.216. The molecule has 0 saturated carbocycles. The third kappa shape index (κ3) is 1.40. The predicted octanol–water partition coefficient (Wildman–Crippen LogP) is 3.92. The summed E-state index contributed by atoms with van der Waals surface area (Å²) in [6.45, 7) is 2.23. The number of hydrogen-bond acceptors (Lipinski definition) is 1. The molecule has 1 aliphatic rings. The van der Waals surface area contributed by atoms with Gasteiger partial charge in [-0.1, -0.05) is 55.5 Å². The Hall–Kier alpha value is -1.76. The minimum absolute atomic E-state index is 0.165. The predicted molar refractivity (Wildman–Crippen MR) is 64.7 cm³/mol. The Bertz CT molecular complexity index is 490. The minimum atomic E-state index is 0.165. The lowest BCUT2D eigenvalue weighted by Crippen LogP contribution is -2.06. The molecule has 0 bridgehead atoms. The summed E-state index contributed by atoms with van der Waals surface area (Å²) in [7, 11) is 0. The molecule has 0 aliphatic carbocycles. The van der Waals surface area contributed by atoms with Crippen molar-refractivity contribution in [1.29, 1.82) is 0 Å². The molecular formula is C15H14O. The summed E-state index contributed by atoms with van der Waals surface area (Å²) >= 11 is 0. The average Bonchev–Trinajstić information content (AvgIpc) is 2.69. The molecule has 2 aromatic carbocycles. The molecule has 0 fully saturated rings. The summed E-state index contributed by atoms with van der Waals surface area (Å²) in [6.07, 6.45) is 0.165. The van der Waals surface area contributed by atoms with Crippen molar-refractivity contribution in [3.63, 3.8) is 0 Å². The molecule has 1 aliphatic heterocycles. The van der Waals surface area contributed by atoms with E-state index in [0.717, 1.165) is 5.75 Å². The molecule has 0 spiro atoms. The van der Waals surface area contributed by atoms with E-state index in [1.54, 1.807) is 0 Å². The van der Waals surface area contributed by atoms with Crippen molar-refractivity contribution in [2.45, 2.75) is 18.9 Å². The van der Waals surface area contributed by atoms with Gasteiger partial charge in [-0.25, -0.2) is 0 Å². The van der Waals surface area contributed by atoms with E-state index in [0.29, 0.717) is 5.92 Å². The molecular weight excluding hydrogens is 196 g/mol. The van der Waals surface area contributed by atoms with Crippen LogP contribution in [0.4, 0.5) is 0 Å². The SMILES string of the molecule is C[C@H]1c2ccccc2O[C@H]1c1ccccc1. The van der Waals surface area contributed by atoms with E-state index in [1.165, 1.54) is 11.1 Å². The summed E-state index contributed by atoms with van der Waals surface area (Å²) < 4.78 is 6.01. The van der Waals surface area contributed by atoms with Crippen molar-refractivity contribution >= 4 is 0 Å². The van der Waals surface area contributed by atoms with Crippen LogP contribution in [-0.4, -0.2) is 0 Å². The van der Waals surface area contributed by atoms with Crippen LogP contribution in [0, 0.1) is 0 Å². The van der Waals surface area contributed by atoms with E-state index in [4.69, 9.17) is 4.74 Å². The molecule has 2 aromatic rings. The van der Waals surface area contributed by atoms with Gasteiger partial charge in [-0.15, -0.1) is 0 Å². The zero-order valence-corrected chi connectivity index (χ0v) is 9.26. The van der Waals surface area contributed by atoms with E-state index >= 15 is 0 Å². The summed E-state index contributed by atoms with van der Waals surface area (Å²) in [4.78, 5) is 0. The highest BCUT2D eigenvalue weighted by molar-refractivity contribution is 5.42. The lowest BCUT2D eigenvalue weighted by Gasteiger charge is -2.15. The van der Waals surface area contributed by atoms with Gasteiger partial charge in [0.15, 0.2) is 0 Å². The molecule has 16 heavy (non-hydrogen) atoms. The van der Waals surface area contributed by atoms with Crippen LogP contribution in [0.3, 0.4) is 0 Å². The molecule has 0 saturated heterocycles. The number of ether oxygens (including phenoxy) is 1. The van der Waals surface area contributed by atoms with Crippen LogP contribution in [0.5, 0.6) is 5.75 Å². The maximum absolute atomic E-state index is 6.01. The second-order valence-electron chi connectivity index (χ2n) is 4.28. The highest BCUT2D eigenvalue weighted by Gasteiger charge is 2.31. The maximum Gasteiger partial charge on any atom is 0.130 e. The van der Waals surface area contributed by atoms with Gasteiger partial charge >= 0.3 is 0 Å². The Morgan fingerprint density at radius 2 is 1.56 bits per heavy atom. The van der Waals surface area contributed by atoms with Gasteiger partial charge in [0.2, 0.25) is 0 Å². The molecule has 1 heterocycles. The fraction of sp³-hybridized carbons (Fsp3) is 0.200. The molecule has 3 rings (SSSR count). The standard InChI is InChI=1S/C15H14O/c1-11-13-9-5-6-10-14(13)16-15(11)12-7-3-2-4-8-12/h2-11,15H,1H3/t11-,15+/m0/s1. The van der Waals surface area contributed by atoms with E-state index in [9.17, 15) is 0 Å². The third-order valence-electron chi connectivity index (χ3n) is 3.25. The number of hydrogen-bond donors (Lipinski definition) is 0. The van der Waals surface area contributed by atoms with Gasteiger partial charge in [-0.2, -0.15) is 0 Å². The van der Waals surface area contributed by atoms with Gasteiger partial charge < -0.3 is 4.74 Å². The van der Waals surface area contributed by atoms with Crippen LogP contribution in [0.2, 0.25) is 0 Å². The molecule has 80 valence electrons. The first kappa shape index (κ1) is 9.46. The smallest absolute Gasteiger partial charge is 0.130 e. The fourth-order valence-corrected chi connectivity index (χ4v) is 2.37. The molecule has 0 unspecified atom stereocenters. The van der Waals surface area contributed by atoms with Crippen LogP contribution in [0.1, 0.15) is 30.1 Å². The second kappa shape index (κ2) is 3.67. The summed E-state index contributed by atoms with van der Waals surface area (Å²) in [6, 6.07) is 18.7. The topological polar surface area (TPSA) is 9.23 Å². The Kier molecular flexibility index (Phi) is 2.17. The fourth-order valence-electron chi connectivity index (χ4n) is 2.37. The van der Waals surface area contributed by atoms with E-state index < -0.39 is 0 Å². The molecule has 0 aromatic heterocycles. The van der Waals surface area contributed by atoms with Gasteiger partial charge in [-0.3, -0.25) is 0 Å². The Balaban J connectivity index is 1.99. The molecule has 0 N–H and O–H groups in total. The number of rotatable bonds is 1. The van der Waals surface area contributed by atoms with E-state index in [1.807, 2.05) is 12.1 Å². The van der Waals surface area contributed by atoms with E-state index in [2.05, 4.69) is 49.4 Å². The first-order valence-corrected chi connectivity index (χ1v) is 5.67. The van der Waals surface area contributed by atoms with Crippen LogP contribution < -0.4 is 4.74 Å². The largest absolute Gasteiger partial charge is 0.485 e. The van der Waals surface area contributed by atoms with Crippen molar-refractivity contribution in [1.82, 2.24) is 0 Å². The zero-order valence-electron chi connectivity index (χ0n) is 9.26. The van der Waals surface area contributed by atoms with Gasteiger partial charge in [0.05, 0.1) is 0 Å². The minimum Gasteiger partial charge on any atom is -0.485 e. The van der Waals surface area contributed by atoms with Crippen molar-refractivity contribution < 1.29 is 4.74 Å². The zero-order chi connectivity index (χ0) is 11.0. The Labute approximate surface area is 95.7 Å². The van der Waals surface area contributed by atoms with Gasteiger partial charge in [0.25, 0.3) is 0 Å². The van der Waals surface area contributed by atoms with Gasteiger partial charge in [-0.05, 0) is 11.6 Å². The summed E-state index contributed by atoms with van der Waals surface area (Å²) in [5.74, 6) is 1.46. The number of fused-ring (bicyclic) bond motifs is 1. The highest BCUT2D eigenvalue weighted by Crippen LogP contribution is 2.45. The van der Waals surface area contributed by atoms with E-state index in [-0.39, 0.29) is 6.10 Å². The van der Waals surface area contributed by atoms with Gasteiger partial charge in [0.1, 0.15) is 11.9 Å². The van der Waals surface area contributed by atoms with Crippen LogP contribution in [0.25, 0.3) is 0 Å². The van der Waals surface area contributed by atoms with Crippen LogP contribution in [0.15, 0.2) is 54.6 Å². The van der Waals surface area contributed by atoms with Crippen LogP contribution in [-0.2, 0) is 0 Å². The Morgan fingerprint density at radius 1 is 0.875 bits per heavy atom. The normalized spacial score (nSPS) is 22.6. The lowest BCUT2D eigenvalue weighted by atomic mass is 9.93. The number of para-hydroxylation sites is 1. The van der Waals surface area contributed by atoms with Crippen LogP contribution >= 0.6 is 0 Å². The van der Waals surface area contributed by atoms with Crippen molar-refractivity contribution in [3.8, 4) is 5.75 Å². The molecule has 1 heteroatoms. The average molecular weight is 210 g/mol. The molecule has 1 nitrogen and oxygen atoms in total. The molecule has 0 radical (unpaired) electrons. The quantitative estimate of drug-likeness (QED) is 0.693. The van der Waals surface area contributed by atoms with Crippen molar-refractivity contribution in [2.75, 3.05) is 0 Å². The second-order valence-corrected chi connectivity index (χ2v) is 4.28. The maximum atomic E-state index is 6.01. The third-order valence-corrected chi connectivity index (χ3v) is 3.25. The summed E-state index contributed by atoms with van der Waals surface area (Å²) in [5, 5.41) is 0. The Morgan fingerprint density at radius 3 is 2.31 bits per heavy atom. The van der Waals surface area contributed by atoms with Gasteiger partial charge in [0, 0.05) is 11.5 Å². The van der Waals surface area contributed by atoms with Crippen molar-refractivity contribution in [2.24, 2.45) is 0 Å². The first-order valence-electron chi connectivity index (χ1n) is 5.67. The first-order chi connectivity index (χ1) is 7.86. The van der Waals surface area contributed by atoms with Crippen molar-refractivity contribution in [3.05, 3.63) is 65.7 Å². The molecule has 0 amide bonds. The molecule has 2 atom stereocenters. The monoisotopic (exact) mass is 210 g/mol. The summed E-state index contributed by atoms with van der Waals surface area (Å²) in [5.41, 5.74) is 2.57.